The molecule has 2 aromatic rings. The summed E-state index contributed by atoms with van der Waals surface area (Å²) in [6.45, 7) is 1.15. The molecule has 1 aliphatic heterocycles. The fraction of sp³-hybridized carbons (Fsp3) is 0.545. The molecule has 1 N–H and O–H groups in total. The van der Waals surface area contributed by atoms with Crippen LogP contribution in [0.4, 0.5) is 5.88 Å². The lowest BCUT2D eigenvalue weighted by molar-refractivity contribution is 0.423. The average Bonchev–Trinajstić information content (AvgIpc) is 2.97. The third-order valence-electron chi connectivity index (χ3n) is 5.98. The van der Waals surface area contributed by atoms with Crippen molar-refractivity contribution in [2.24, 2.45) is 0 Å². The minimum absolute atomic E-state index is 0.233. The van der Waals surface area contributed by atoms with Crippen molar-refractivity contribution in [1.82, 2.24) is 9.29 Å². The summed E-state index contributed by atoms with van der Waals surface area (Å²) in [5, 5.41) is 12.7. The third kappa shape index (κ3) is 4.52. The van der Waals surface area contributed by atoms with Gasteiger partial charge in [0.2, 0.25) is 27.5 Å². The van der Waals surface area contributed by atoms with E-state index in [1.807, 2.05) is 0 Å². The van der Waals surface area contributed by atoms with Crippen LogP contribution in [0.25, 0.3) is 11.5 Å². The molecule has 7 nitrogen and oxygen atoms in total. The number of hydrogen-bond donors (Lipinski definition) is 1. The maximum Gasteiger partial charge on any atom is 0.243 e. The molecular formula is C22H28N4O3S. The number of anilines is 1. The van der Waals surface area contributed by atoms with Gasteiger partial charge in [0.05, 0.1) is 4.90 Å². The van der Waals surface area contributed by atoms with Crippen LogP contribution >= 0.6 is 0 Å². The standard InChI is InChI=1S/C22H28N4O3S/c23-16-20-22(24-18-8-4-3-5-9-18)29-21(25-20)17-10-12-19(13-11-17)30(27,28)26-14-6-1-2-7-15-26/h10-13,18,24H,1-9,14-15H2. The Morgan fingerprint density at radius 1 is 1.00 bits per heavy atom. The first-order valence-corrected chi connectivity index (χ1v) is 12.3. The van der Waals surface area contributed by atoms with Crippen molar-refractivity contribution < 1.29 is 12.8 Å². The summed E-state index contributed by atoms with van der Waals surface area (Å²) in [5.41, 5.74) is 0.884. The number of nitrogens with zero attached hydrogens (tertiary/aromatic N) is 3. The van der Waals surface area contributed by atoms with Crippen molar-refractivity contribution in [3.8, 4) is 17.5 Å². The molecule has 160 valence electrons. The zero-order valence-corrected chi connectivity index (χ0v) is 18.0. The van der Waals surface area contributed by atoms with Crippen LogP contribution in [-0.4, -0.2) is 36.8 Å². The molecule has 1 aromatic carbocycles. The Labute approximate surface area is 178 Å². The summed E-state index contributed by atoms with van der Waals surface area (Å²) < 4.78 is 33.3. The van der Waals surface area contributed by atoms with Crippen molar-refractivity contribution in [3.05, 3.63) is 30.0 Å². The van der Waals surface area contributed by atoms with Gasteiger partial charge in [-0.1, -0.05) is 32.1 Å². The van der Waals surface area contributed by atoms with Gasteiger partial charge in [-0.15, -0.1) is 0 Å². The topological polar surface area (TPSA) is 99.2 Å². The summed E-state index contributed by atoms with van der Waals surface area (Å²) in [6.07, 6.45) is 9.68. The number of benzene rings is 1. The highest BCUT2D eigenvalue weighted by atomic mass is 32.2. The fourth-order valence-corrected chi connectivity index (χ4v) is 5.77. The lowest BCUT2D eigenvalue weighted by Crippen LogP contribution is -2.31. The quantitative estimate of drug-likeness (QED) is 0.751. The van der Waals surface area contributed by atoms with Gasteiger partial charge in [0, 0.05) is 24.7 Å². The number of nitriles is 1. The van der Waals surface area contributed by atoms with Crippen LogP contribution in [-0.2, 0) is 10.0 Å². The number of nitrogens with one attached hydrogen (secondary N) is 1. The number of hydrogen-bond acceptors (Lipinski definition) is 6. The minimum Gasteiger partial charge on any atom is -0.419 e. The molecule has 30 heavy (non-hydrogen) atoms. The third-order valence-corrected chi connectivity index (χ3v) is 7.89. The van der Waals surface area contributed by atoms with Crippen LogP contribution in [0.1, 0.15) is 63.5 Å². The molecule has 0 amide bonds. The maximum atomic E-state index is 12.9. The molecule has 1 saturated heterocycles. The summed E-state index contributed by atoms with van der Waals surface area (Å²) in [6, 6.07) is 8.98. The molecule has 8 heteroatoms. The average molecular weight is 429 g/mol. The predicted octanol–water partition coefficient (Wildman–Crippen LogP) is 4.52. The molecule has 1 aliphatic carbocycles. The Hall–Kier alpha value is -2.37. The van der Waals surface area contributed by atoms with E-state index in [1.165, 1.54) is 19.3 Å². The van der Waals surface area contributed by atoms with Crippen molar-refractivity contribution in [3.63, 3.8) is 0 Å². The van der Waals surface area contributed by atoms with E-state index in [9.17, 15) is 13.7 Å². The zero-order chi connectivity index (χ0) is 21.0. The second kappa shape index (κ2) is 9.19. The second-order valence-corrected chi connectivity index (χ2v) is 10.1. The Bertz CT molecular complexity index is 994. The van der Waals surface area contributed by atoms with Crippen LogP contribution in [0.3, 0.4) is 0 Å². The Balaban J connectivity index is 1.53. The van der Waals surface area contributed by atoms with Gasteiger partial charge in [-0.25, -0.2) is 8.42 Å². The second-order valence-electron chi connectivity index (χ2n) is 8.13. The van der Waals surface area contributed by atoms with Crippen molar-refractivity contribution in [2.75, 3.05) is 18.4 Å². The molecule has 0 spiro atoms. The highest BCUT2D eigenvalue weighted by Crippen LogP contribution is 2.29. The van der Waals surface area contributed by atoms with Crippen LogP contribution in [0.15, 0.2) is 33.6 Å². The number of oxazole rings is 1. The summed E-state index contributed by atoms with van der Waals surface area (Å²) in [7, 11) is -3.49. The summed E-state index contributed by atoms with van der Waals surface area (Å²) in [4.78, 5) is 4.59. The van der Waals surface area contributed by atoms with Gasteiger partial charge in [-0.3, -0.25) is 0 Å². The molecule has 1 aromatic heterocycles. The van der Waals surface area contributed by atoms with Gasteiger partial charge in [-0.2, -0.15) is 14.6 Å². The molecule has 0 bridgehead atoms. The Kier molecular flexibility index (Phi) is 6.40. The smallest absolute Gasteiger partial charge is 0.243 e. The monoisotopic (exact) mass is 428 g/mol. The van der Waals surface area contributed by atoms with E-state index in [0.29, 0.717) is 36.5 Å². The minimum atomic E-state index is -3.49. The predicted molar refractivity (Wildman–Crippen MR) is 114 cm³/mol. The Morgan fingerprint density at radius 3 is 2.27 bits per heavy atom. The highest BCUT2D eigenvalue weighted by Gasteiger charge is 2.25. The van der Waals surface area contributed by atoms with E-state index in [0.717, 1.165) is 38.5 Å². The van der Waals surface area contributed by atoms with Crippen LogP contribution < -0.4 is 5.32 Å². The number of aromatic nitrogens is 1. The van der Waals surface area contributed by atoms with E-state index in [-0.39, 0.29) is 10.6 Å². The van der Waals surface area contributed by atoms with Gasteiger partial charge in [-0.05, 0) is 49.9 Å². The first-order valence-electron chi connectivity index (χ1n) is 10.9. The molecule has 2 aliphatic rings. The van der Waals surface area contributed by atoms with E-state index in [1.54, 1.807) is 28.6 Å². The normalized spacial score (nSPS) is 19.2. The molecule has 0 radical (unpaired) electrons. The molecular weight excluding hydrogens is 400 g/mol. The van der Waals surface area contributed by atoms with E-state index in [4.69, 9.17) is 4.42 Å². The summed E-state index contributed by atoms with van der Waals surface area (Å²) >= 11 is 0. The molecule has 2 heterocycles. The van der Waals surface area contributed by atoms with Crippen molar-refractivity contribution >= 4 is 15.9 Å². The molecule has 4 rings (SSSR count). The van der Waals surface area contributed by atoms with Crippen LogP contribution in [0.5, 0.6) is 0 Å². The van der Waals surface area contributed by atoms with Gasteiger partial charge in [0.1, 0.15) is 6.07 Å². The van der Waals surface area contributed by atoms with Gasteiger partial charge in [0.15, 0.2) is 0 Å². The lowest BCUT2D eigenvalue weighted by atomic mass is 9.95. The lowest BCUT2D eigenvalue weighted by Gasteiger charge is -2.22. The SMILES string of the molecule is N#Cc1nc(-c2ccc(S(=O)(=O)N3CCCCCC3)cc2)oc1NC1CCCCC1. The fourth-order valence-electron chi connectivity index (χ4n) is 4.25. The summed E-state index contributed by atoms with van der Waals surface area (Å²) in [5.74, 6) is 0.726. The molecule has 0 unspecified atom stereocenters. The number of rotatable bonds is 5. The molecule has 0 atom stereocenters. The number of sulfonamides is 1. The van der Waals surface area contributed by atoms with E-state index in [2.05, 4.69) is 16.4 Å². The van der Waals surface area contributed by atoms with Crippen LogP contribution in [0, 0.1) is 11.3 Å². The van der Waals surface area contributed by atoms with Crippen LogP contribution in [0.2, 0.25) is 0 Å². The largest absolute Gasteiger partial charge is 0.419 e. The van der Waals surface area contributed by atoms with Gasteiger partial charge < -0.3 is 9.73 Å². The zero-order valence-electron chi connectivity index (χ0n) is 17.1. The van der Waals surface area contributed by atoms with E-state index < -0.39 is 10.0 Å². The highest BCUT2D eigenvalue weighted by molar-refractivity contribution is 7.89. The van der Waals surface area contributed by atoms with Crippen molar-refractivity contribution in [1.29, 1.82) is 5.26 Å². The van der Waals surface area contributed by atoms with E-state index >= 15 is 0 Å². The van der Waals surface area contributed by atoms with Gasteiger partial charge in [0.25, 0.3) is 0 Å². The maximum absolute atomic E-state index is 12.9. The first kappa shape index (κ1) is 20.9. The Morgan fingerprint density at radius 2 is 1.63 bits per heavy atom. The first-order chi connectivity index (χ1) is 14.6. The van der Waals surface area contributed by atoms with Crippen molar-refractivity contribution in [2.45, 2.75) is 68.7 Å². The molecule has 2 fully saturated rings. The molecule has 1 saturated carbocycles. The van der Waals surface area contributed by atoms with Gasteiger partial charge >= 0.3 is 0 Å².